The van der Waals surface area contributed by atoms with Gasteiger partial charge < -0.3 is 4.74 Å². The summed E-state index contributed by atoms with van der Waals surface area (Å²) in [5.41, 5.74) is 3.42. The third-order valence-electron chi connectivity index (χ3n) is 6.13. The lowest BCUT2D eigenvalue weighted by atomic mass is 9.74. The molecule has 0 spiro atoms. The summed E-state index contributed by atoms with van der Waals surface area (Å²) >= 11 is 0. The summed E-state index contributed by atoms with van der Waals surface area (Å²) < 4.78 is 5.60. The Bertz CT molecular complexity index is 381. The molecule has 2 heterocycles. The van der Waals surface area contributed by atoms with E-state index in [0.29, 0.717) is 0 Å². The maximum absolute atomic E-state index is 5.60. The van der Waals surface area contributed by atoms with E-state index in [1.165, 1.54) is 32.4 Å². The molecule has 0 aromatic carbocycles. The van der Waals surface area contributed by atoms with Gasteiger partial charge in [0, 0.05) is 24.2 Å². The highest BCUT2D eigenvalue weighted by atomic mass is 16.5. The predicted molar refractivity (Wildman–Crippen MR) is 99.0 cm³/mol. The van der Waals surface area contributed by atoms with Crippen molar-refractivity contribution in [2.24, 2.45) is 0 Å². The molecule has 2 saturated heterocycles. The van der Waals surface area contributed by atoms with Crippen LogP contribution < -0.4 is 0 Å². The number of morpholine rings is 1. The van der Waals surface area contributed by atoms with Crippen molar-refractivity contribution in [3.05, 3.63) is 11.1 Å². The molecule has 3 nitrogen and oxygen atoms in total. The van der Waals surface area contributed by atoms with E-state index in [1.807, 2.05) is 0 Å². The largest absolute Gasteiger partial charge is 0.379 e. The van der Waals surface area contributed by atoms with Crippen molar-refractivity contribution >= 4 is 0 Å². The first-order chi connectivity index (χ1) is 10.8. The zero-order valence-electron chi connectivity index (χ0n) is 16.4. The number of piperidine rings is 1. The van der Waals surface area contributed by atoms with Gasteiger partial charge in [-0.3, -0.25) is 9.80 Å². The lowest BCUT2D eigenvalue weighted by molar-refractivity contribution is -0.00947. The molecule has 0 aliphatic carbocycles. The van der Waals surface area contributed by atoms with Gasteiger partial charge in [0.25, 0.3) is 0 Å². The summed E-state index contributed by atoms with van der Waals surface area (Å²) in [4.78, 5) is 5.36. The second kappa shape index (κ2) is 7.67. The molecule has 134 valence electrons. The minimum Gasteiger partial charge on any atom is -0.379 e. The van der Waals surface area contributed by atoms with Gasteiger partial charge in [-0.25, -0.2) is 0 Å². The van der Waals surface area contributed by atoms with Crippen LogP contribution in [0.5, 0.6) is 0 Å². The Morgan fingerprint density at radius 1 is 0.826 bits per heavy atom. The molecule has 2 fully saturated rings. The molecule has 0 aromatic heterocycles. The monoisotopic (exact) mass is 322 g/mol. The quantitative estimate of drug-likeness (QED) is 0.709. The Morgan fingerprint density at radius 3 is 1.78 bits per heavy atom. The molecule has 0 aromatic rings. The molecule has 2 rings (SSSR count). The highest BCUT2D eigenvalue weighted by Crippen LogP contribution is 2.40. The van der Waals surface area contributed by atoms with Crippen molar-refractivity contribution in [2.75, 3.05) is 39.4 Å². The minimum absolute atomic E-state index is 0.0881. The third-order valence-corrected chi connectivity index (χ3v) is 6.13. The van der Waals surface area contributed by atoms with E-state index in [1.54, 1.807) is 11.1 Å². The highest BCUT2D eigenvalue weighted by Gasteiger charge is 2.43. The first-order valence-electron chi connectivity index (χ1n) is 9.60. The van der Waals surface area contributed by atoms with Crippen LogP contribution in [-0.4, -0.2) is 60.3 Å². The van der Waals surface area contributed by atoms with Crippen LogP contribution in [0.2, 0.25) is 0 Å². The van der Waals surface area contributed by atoms with Crippen LogP contribution in [0.15, 0.2) is 11.1 Å². The lowest BCUT2D eigenvalue weighted by Gasteiger charge is -2.52. The topological polar surface area (TPSA) is 15.7 Å². The van der Waals surface area contributed by atoms with Gasteiger partial charge >= 0.3 is 0 Å². The standard InChI is InChI=1S/C20H38N2O/c1-7-17(2)18(19(3,4)21-11-9-8-10-12-21)20(5,6)22-13-15-23-16-14-22/h7-16H2,1-6H3/b18-17-. The summed E-state index contributed by atoms with van der Waals surface area (Å²) in [6, 6.07) is 0. The first-order valence-corrected chi connectivity index (χ1v) is 9.60. The van der Waals surface area contributed by atoms with Crippen molar-refractivity contribution in [3.63, 3.8) is 0 Å². The SMILES string of the molecule is CC/C(C)=C(/C(C)(C)N1CCCCC1)C(C)(C)N1CCOCC1. The molecule has 23 heavy (non-hydrogen) atoms. The number of rotatable bonds is 5. The number of allylic oxidation sites excluding steroid dienone is 1. The zero-order valence-corrected chi connectivity index (χ0v) is 16.4. The lowest BCUT2D eigenvalue weighted by Crippen LogP contribution is -2.59. The molecular formula is C20H38N2O. The van der Waals surface area contributed by atoms with Crippen LogP contribution in [-0.2, 0) is 4.74 Å². The fourth-order valence-corrected chi connectivity index (χ4v) is 4.86. The van der Waals surface area contributed by atoms with Crippen LogP contribution in [0.3, 0.4) is 0 Å². The molecule has 0 unspecified atom stereocenters. The number of nitrogens with zero attached hydrogens (tertiary/aromatic N) is 2. The first kappa shape index (κ1) is 19.0. The van der Waals surface area contributed by atoms with E-state index in [4.69, 9.17) is 4.74 Å². The van der Waals surface area contributed by atoms with Gasteiger partial charge in [0.15, 0.2) is 0 Å². The van der Waals surface area contributed by atoms with Crippen LogP contribution in [0.25, 0.3) is 0 Å². The molecule has 3 heteroatoms. The Kier molecular flexibility index (Phi) is 6.32. The third kappa shape index (κ3) is 4.00. The maximum atomic E-state index is 5.60. The van der Waals surface area contributed by atoms with Gasteiger partial charge in [-0.05, 0) is 72.5 Å². The number of ether oxygens (including phenoxy) is 1. The van der Waals surface area contributed by atoms with Gasteiger partial charge in [0.2, 0.25) is 0 Å². The summed E-state index contributed by atoms with van der Waals surface area (Å²) in [5.74, 6) is 0. The molecular weight excluding hydrogens is 284 g/mol. The Hall–Kier alpha value is -0.380. The normalized spacial score (nSPS) is 23.7. The molecule has 0 atom stereocenters. The highest BCUT2D eigenvalue weighted by molar-refractivity contribution is 5.34. The van der Waals surface area contributed by atoms with Gasteiger partial charge in [-0.1, -0.05) is 18.9 Å². The Balaban J connectivity index is 2.36. The minimum atomic E-state index is 0.0881. The second-order valence-electron chi connectivity index (χ2n) is 8.27. The predicted octanol–water partition coefficient (Wildman–Crippen LogP) is 4.09. The second-order valence-corrected chi connectivity index (χ2v) is 8.27. The van der Waals surface area contributed by atoms with Crippen molar-refractivity contribution in [1.82, 2.24) is 9.80 Å². The fraction of sp³-hybridized carbons (Fsp3) is 0.900. The van der Waals surface area contributed by atoms with E-state index in [9.17, 15) is 0 Å². The maximum Gasteiger partial charge on any atom is 0.0594 e. The van der Waals surface area contributed by atoms with Crippen LogP contribution in [0.1, 0.15) is 67.2 Å². The van der Waals surface area contributed by atoms with E-state index in [2.05, 4.69) is 51.3 Å². The summed E-state index contributed by atoms with van der Waals surface area (Å²) in [5, 5.41) is 0. The molecule has 0 N–H and O–H groups in total. The van der Waals surface area contributed by atoms with Crippen molar-refractivity contribution < 1.29 is 4.74 Å². The number of hydrogen-bond donors (Lipinski definition) is 0. The van der Waals surface area contributed by atoms with Gasteiger partial charge in [0.1, 0.15) is 0 Å². The van der Waals surface area contributed by atoms with Crippen LogP contribution in [0, 0.1) is 0 Å². The molecule has 0 saturated carbocycles. The molecule has 2 aliphatic heterocycles. The van der Waals surface area contributed by atoms with Crippen molar-refractivity contribution in [1.29, 1.82) is 0 Å². The van der Waals surface area contributed by atoms with E-state index in [0.717, 1.165) is 32.7 Å². The number of likely N-dealkylation sites (tertiary alicyclic amines) is 1. The van der Waals surface area contributed by atoms with Crippen LogP contribution >= 0.6 is 0 Å². The Labute approximate surface area is 144 Å². The van der Waals surface area contributed by atoms with Gasteiger partial charge in [-0.2, -0.15) is 0 Å². The fourth-order valence-electron chi connectivity index (χ4n) is 4.86. The summed E-state index contributed by atoms with van der Waals surface area (Å²) in [6.07, 6.45) is 5.23. The number of hydrogen-bond acceptors (Lipinski definition) is 3. The molecule has 0 bridgehead atoms. The molecule has 0 radical (unpaired) electrons. The van der Waals surface area contributed by atoms with E-state index in [-0.39, 0.29) is 11.1 Å². The average Bonchev–Trinajstić information content (AvgIpc) is 2.56. The van der Waals surface area contributed by atoms with Crippen molar-refractivity contribution in [3.8, 4) is 0 Å². The van der Waals surface area contributed by atoms with Gasteiger partial charge in [0.05, 0.1) is 13.2 Å². The Morgan fingerprint density at radius 2 is 1.30 bits per heavy atom. The molecule has 2 aliphatic rings. The van der Waals surface area contributed by atoms with E-state index >= 15 is 0 Å². The molecule has 0 amide bonds. The van der Waals surface area contributed by atoms with E-state index < -0.39 is 0 Å². The van der Waals surface area contributed by atoms with Gasteiger partial charge in [-0.15, -0.1) is 0 Å². The smallest absolute Gasteiger partial charge is 0.0594 e. The van der Waals surface area contributed by atoms with Crippen molar-refractivity contribution in [2.45, 2.75) is 78.3 Å². The summed E-state index contributed by atoms with van der Waals surface area (Å²) in [6.45, 7) is 20.7. The van der Waals surface area contributed by atoms with Crippen LogP contribution in [0.4, 0.5) is 0 Å². The summed E-state index contributed by atoms with van der Waals surface area (Å²) in [7, 11) is 0. The average molecular weight is 323 g/mol. The zero-order chi connectivity index (χ0) is 17.1.